The standard InChI is InChI=1S/C8H11ClN2O/c1-2-10-8-6(5-12)7(9)3-4-11-8/h3-4,12H,2,5H2,1H3,(H,10,11). The predicted molar refractivity (Wildman–Crippen MR) is 49.3 cm³/mol. The summed E-state index contributed by atoms with van der Waals surface area (Å²) >= 11 is 5.83. The highest BCUT2D eigenvalue weighted by atomic mass is 35.5. The lowest BCUT2D eigenvalue weighted by molar-refractivity contribution is 0.282. The average molecular weight is 187 g/mol. The fraction of sp³-hybridized carbons (Fsp3) is 0.375. The van der Waals surface area contributed by atoms with Gasteiger partial charge >= 0.3 is 0 Å². The van der Waals surface area contributed by atoms with Crippen LogP contribution in [0, 0.1) is 0 Å². The van der Waals surface area contributed by atoms with Crippen LogP contribution in [-0.4, -0.2) is 16.6 Å². The smallest absolute Gasteiger partial charge is 0.132 e. The minimum absolute atomic E-state index is 0.0883. The van der Waals surface area contributed by atoms with E-state index in [1.54, 1.807) is 12.3 Å². The Bertz CT molecular complexity index is 265. The summed E-state index contributed by atoms with van der Waals surface area (Å²) in [5, 5.41) is 12.5. The lowest BCUT2D eigenvalue weighted by atomic mass is 10.2. The number of aromatic nitrogens is 1. The third-order valence-corrected chi connectivity index (χ3v) is 1.86. The van der Waals surface area contributed by atoms with E-state index in [0.717, 1.165) is 6.54 Å². The Kier molecular flexibility index (Phi) is 3.31. The van der Waals surface area contributed by atoms with E-state index in [4.69, 9.17) is 16.7 Å². The van der Waals surface area contributed by atoms with E-state index in [1.165, 1.54) is 0 Å². The molecule has 0 fully saturated rings. The Hall–Kier alpha value is -0.800. The van der Waals surface area contributed by atoms with E-state index >= 15 is 0 Å². The first kappa shape index (κ1) is 9.29. The van der Waals surface area contributed by atoms with Gasteiger partial charge in [0.15, 0.2) is 0 Å². The third kappa shape index (κ3) is 1.87. The Morgan fingerprint density at radius 3 is 3.00 bits per heavy atom. The number of pyridine rings is 1. The van der Waals surface area contributed by atoms with Crippen molar-refractivity contribution in [1.29, 1.82) is 0 Å². The van der Waals surface area contributed by atoms with Crippen molar-refractivity contribution in [1.82, 2.24) is 4.98 Å². The van der Waals surface area contributed by atoms with Gasteiger partial charge in [-0.15, -0.1) is 0 Å². The normalized spacial score (nSPS) is 9.92. The second kappa shape index (κ2) is 4.28. The van der Waals surface area contributed by atoms with Crippen molar-refractivity contribution in [2.45, 2.75) is 13.5 Å². The van der Waals surface area contributed by atoms with Gasteiger partial charge < -0.3 is 10.4 Å². The Labute approximate surface area is 76.4 Å². The first-order valence-corrected chi connectivity index (χ1v) is 4.15. The molecular formula is C8H11ClN2O. The van der Waals surface area contributed by atoms with Gasteiger partial charge in [0.2, 0.25) is 0 Å². The first-order chi connectivity index (χ1) is 5.79. The van der Waals surface area contributed by atoms with Crippen molar-refractivity contribution in [3.05, 3.63) is 22.8 Å². The summed E-state index contributed by atoms with van der Waals surface area (Å²) in [5.41, 5.74) is 0.654. The topological polar surface area (TPSA) is 45.2 Å². The maximum absolute atomic E-state index is 8.96. The number of hydrogen-bond donors (Lipinski definition) is 2. The molecule has 3 nitrogen and oxygen atoms in total. The van der Waals surface area contributed by atoms with Gasteiger partial charge in [0, 0.05) is 18.3 Å². The summed E-state index contributed by atoms with van der Waals surface area (Å²) in [6.45, 7) is 2.64. The van der Waals surface area contributed by atoms with Gasteiger partial charge in [0.25, 0.3) is 0 Å². The van der Waals surface area contributed by atoms with Gasteiger partial charge in [-0.1, -0.05) is 11.6 Å². The SMILES string of the molecule is CCNc1nccc(Cl)c1CO. The van der Waals surface area contributed by atoms with Crippen molar-refractivity contribution in [3.63, 3.8) is 0 Å². The maximum Gasteiger partial charge on any atom is 0.132 e. The highest BCUT2D eigenvalue weighted by Gasteiger charge is 2.05. The second-order valence-electron chi connectivity index (χ2n) is 2.31. The van der Waals surface area contributed by atoms with Gasteiger partial charge in [-0.05, 0) is 13.0 Å². The molecule has 0 aliphatic rings. The van der Waals surface area contributed by atoms with Crippen LogP contribution in [0.15, 0.2) is 12.3 Å². The Morgan fingerprint density at radius 2 is 2.42 bits per heavy atom. The fourth-order valence-electron chi connectivity index (χ4n) is 0.939. The summed E-state index contributed by atoms with van der Waals surface area (Å²) in [7, 11) is 0. The number of nitrogens with zero attached hydrogens (tertiary/aromatic N) is 1. The van der Waals surface area contributed by atoms with Crippen molar-refractivity contribution >= 4 is 17.4 Å². The van der Waals surface area contributed by atoms with Gasteiger partial charge in [-0.2, -0.15) is 0 Å². The largest absolute Gasteiger partial charge is 0.391 e. The van der Waals surface area contributed by atoms with Crippen molar-refractivity contribution in [2.24, 2.45) is 0 Å². The van der Waals surface area contributed by atoms with Crippen LogP contribution in [-0.2, 0) is 6.61 Å². The molecule has 0 radical (unpaired) electrons. The number of anilines is 1. The zero-order chi connectivity index (χ0) is 8.97. The second-order valence-corrected chi connectivity index (χ2v) is 2.72. The molecule has 0 bridgehead atoms. The highest BCUT2D eigenvalue weighted by molar-refractivity contribution is 6.31. The molecule has 1 rings (SSSR count). The summed E-state index contributed by atoms with van der Waals surface area (Å²) < 4.78 is 0. The molecule has 66 valence electrons. The van der Waals surface area contributed by atoms with E-state index in [1.807, 2.05) is 6.92 Å². The van der Waals surface area contributed by atoms with Crippen LogP contribution in [0.3, 0.4) is 0 Å². The molecule has 12 heavy (non-hydrogen) atoms. The molecule has 0 aliphatic carbocycles. The number of halogens is 1. The molecule has 0 aliphatic heterocycles. The molecule has 0 atom stereocenters. The minimum Gasteiger partial charge on any atom is -0.391 e. The highest BCUT2D eigenvalue weighted by Crippen LogP contribution is 2.21. The van der Waals surface area contributed by atoms with Crippen LogP contribution in [0.25, 0.3) is 0 Å². The van der Waals surface area contributed by atoms with Gasteiger partial charge in [0.05, 0.1) is 11.6 Å². The van der Waals surface area contributed by atoms with E-state index in [-0.39, 0.29) is 6.61 Å². The summed E-state index contributed by atoms with van der Waals surface area (Å²) in [5.74, 6) is 0.660. The van der Waals surface area contributed by atoms with Crippen LogP contribution in [0.1, 0.15) is 12.5 Å². The Balaban J connectivity index is 3.00. The number of hydrogen-bond acceptors (Lipinski definition) is 3. The summed E-state index contributed by atoms with van der Waals surface area (Å²) in [4.78, 5) is 4.04. The summed E-state index contributed by atoms with van der Waals surface area (Å²) in [6, 6.07) is 1.66. The molecule has 0 spiro atoms. The van der Waals surface area contributed by atoms with Crippen molar-refractivity contribution in [2.75, 3.05) is 11.9 Å². The number of aliphatic hydroxyl groups is 1. The van der Waals surface area contributed by atoms with Crippen LogP contribution in [0.5, 0.6) is 0 Å². The molecule has 2 N–H and O–H groups in total. The number of rotatable bonds is 3. The molecule has 0 unspecified atom stereocenters. The fourth-order valence-corrected chi connectivity index (χ4v) is 1.14. The van der Waals surface area contributed by atoms with Crippen LogP contribution in [0.4, 0.5) is 5.82 Å². The van der Waals surface area contributed by atoms with E-state index < -0.39 is 0 Å². The van der Waals surface area contributed by atoms with Gasteiger partial charge in [0.1, 0.15) is 5.82 Å². The average Bonchev–Trinajstić information content (AvgIpc) is 2.05. The quantitative estimate of drug-likeness (QED) is 0.755. The molecule has 0 amide bonds. The molecular weight excluding hydrogens is 176 g/mol. The Morgan fingerprint density at radius 1 is 1.67 bits per heavy atom. The van der Waals surface area contributed by atoms with E-state index in [0.29, 0.717) is 16.4 Å². The molecule has 1 aromatic rings. The number of nitrogens with one attached hydrogen (secondary N) is 1. The van der Waals surface area contributed by atoms with Crippen LogP contribution < -0.4 is 5.32 Å². The third-order valence-electron chi connectivity index (χ3n) is 1.50. The van der Waals surface area contributed by atoms with E-state index in [9.17, 15) is 0 Å². The monoisotopic (exact) mass is 186 g/mol. The molecule has 1 heterocycles. The summed E-state index contributed by atoms with van der Waals surface area (Å²) in [6.07, 6.45) is 1.61. The molecule has 0 aromatic carbocycles. The molecule has 0 saturated heterocycles. The van der Waals surface area contributed by atoms with Crippen molar-refractivity contribution < 1.29 is 5.11 Å². The maximum atomic E-state index is 8.96. The number of aliphatic hydroxyl groups excluding tert-OH is 1. The molecule has 0 saturated carbocycles. The lowest BCUT2D eigenvalue weighted by Gasteiger charge is -2.07. The van der Waals surface area contributed by atoms with Crippen molar-refractivity contribution in [3.8, 4) is 0 Å². The van der Waals surface area contributed by atoms with Gasteiger partial charge in [-0.25, -0.2) is 4.98 Å². The first-order valence-electron chi connectivity index (χ1n) is 3.77. The molecule has 1 aromatic heterocycles. The minimum atomic E-state index is -0.0883. The van der Waals surface area contributed by atoms with Crippen LogP contribution >= 0.6 is 11.6 Å². The van der Waals surface area contributed by atoms with Crippen LogP contribution in [0.2, 0.25) is 5.02 Å². The zero-order valence-electron chi connectivity index (χ0n) is 6.84. The predicted octanol–water partition coefficient (Wildman–Crippen LogP) is 1.66. The zero-order valence-corrected chi connectivity index (χ0v) is 7.60. The van der Waals surface area contributed by atoms with Gasteiger partial charge in [-0.3, -0.25) is 0 Å². The van der Waals surface area contributed by atoms with E-state index in [2.05, 4.69) is 10.3 Å². The lowest BCUT2D eigenvalue weighted by Crippen LogP contribution is -2.03. The molecule has 4 heteroatoms.